The Kier molecular flexibility index (Phi) is 12.4. The van der Waals surface area contributed by atoms with Crippen LogP contribution in [0.1, 0.15) is 73.1 Å². The number of hydrogen-bond donors (Lipinski definition) is 1. The SMILES string of the molecule is COC1=C(OC)[C@H](OC(C)=O)[C@H](C/C=C(\C)CC/C=C(\C)CCCC(C)CO)[C@@H](C)C1=O. The van der Waals surface area contributed by atoms with Gasteiger partial charge in [0.05, 0.1) is 14.2 Å². The number of carbonyl (C=O) groups is 2. The zero-order valence-corrected chi connectivity index (χ0v) is 20.9. The molecule has 0 aromatic heterocycles. The van der Waals surface area contributed by atoms with Crippen LogP contribution < -0.4 is 0 Å². The highest BCUT2D eigenvalue weighted by Crippen LogP contribution is 2.37. The first-order valence-corrected chi connectivity index (χ1v) is 11.6. The number of methoxy groups -OCH3 is 2. The van der Waals surface area contributed by atoms with Gasteiger partial charge in [0.1, 0.15) is 0 Å². The summed E-state index contributed by atoms with van der Waals surface area (Å²) in [5, 5.41) is 9.11. The Morgan fingerprint density at radius 2 is 1.75 bits per heavy atom. The van der Waals surface area contributed by atoms with Crippen molar-refractivity contribution in [2.45, 2.75) is 79.2 Å². The monoisotopic (exact) mass is 450 g/mol. The van der Waals surface area contributed by atoms with E-state index in [0.717, 1.165) is 32.1 Å². The van der Waals surface area contributed by atoms with E-state index in [1.54, 1.807) is 0 Å². The molecular formula is C26H42O6. The fraction of sp³-hybridized carbons (Fsp3) is 0.692. The second-order valence-corrected chi connectivity index (χ2v) is 9.00. The molecule has 4 atom stereocenters. The van der Waals surface area contributed by atoms with Gasteiger partial charge in [0, 0.05) is 25.4 Å². The zero-order chi connectivity index (χ0) is 24.3. The van der Waals surface area contributed by atoms with Crippen LogP contribution in [0.3, 0.4) is 0 Å². The highest BCUT2D eigenvalue weighted by atomic mass is 16.6. The Bertz CT molecular complexity index is 718. The lowest BCUT2D eigenvalue weighted by molar-refractivity contribution is -0.153. The quantitative estimate of drug-likeness (QED) is 0.310. The molecule has 0 spiro atoms. The minimum Gasteiger partial charge on any atom is -0.493 e. The van der Waals surface area contributed by atoms with Crippen molar-refractivity contribution in [3.05, 3.63) is 34.8 Å². The normalized spacial score (nSPS) is 23.2. The number of carbonyl (C=O) groups excluding carboxylic acids is 2. The molecule has 0 aliphatic heterocycles. The fourth-order valence-electron chi connectivity index (χ4n) is 4.07. The molecule has 1 rings (SSSR count). The molecule has 1 aliphatic carbocycles. The molecule has 0 heterocycles. The molecule has 0 saturated heterocycles. The molecule has 1 aliphatic rings. The number of aliphatic hydroxyl groups excluding tert-OH is 1. The molecule has 0 fully saturated rings. The van der Waals surface area contributed by atoms with Crippen molar-refractivity contribution in [1.29, 1.82) is 0 Å². The molecule has 0 aromatic carbocycles. The van der Waals surface area contributed by atoms with Crippen molar-refractivity contribution < 1.29 is 28.9 Å². The first kappa shape index (κ1) is 28.0. The molecular weight excluding hydrogens is 408 g/mol. The lowest BCUT2D eigenvalue weighted by Crippen LogP contribution is -2.42. The minimum absolute atomic E-state index is 0.127. The van der Waals surface area contributed by atoms with E-state index in [0.29, 0.717) is 12.3 Å². The predicted molar refractivity (Wildman–Crippen MR) is 126 cm³/mol. The first-order chi connectivity index (χ1) is 15.2. The van der Waals surface area contributed by atoms with Gasteiger partial charge >= 0.3 is 5.97 Å². The Balaban J connectivity index is 2.77. The van der Waals surface area contributed by atoms with E-state index in [4.69, 9.17) is 19.3 Å². The van der Waals surface area contributed by atoms with Gasteiger partial charge in [-0.1, -0.05) is 37.1 Å². The van der Waals surface area contributed by atoms with Crippen LogP contribution in [-0.4, -0.2) is 43.8 Å². The van der Waals surface area contributed by atoms with E-state index in [-0.39, 0.29) is 35.7 Å². The van der Waals surface area contributed by atoms with E-state index >= 15 is 0 Å². The Hall–Kier alpha value is -2.08. The average molecular weight is 451 g/mol. The predicted octanol–water partition coefficient (Wildman–Crippen LogP) is 5.12. The molecule has 182 valence electrons. The van der Waals surface area contributed by atoms with Gasteiger partial charge < -0.3 is 19.3 Å². The third kappa shape index (κ3) is 8.45. The van der Waals surface area contributed by atoms with Gasteiger partial charge in [-0.3, -0.25) is 9.59 Å². The topological polar surface area (TPSA) is 82.1 Å². The van der Waals surface area contributed by atoms with Crippen molar-refractivity contribution in [3.8, 4) is 0 Å². The van der Waals surface area contributed by atoms with Gasteiger partial charge in [-0.25, -0.2) is 0 Å². The molecule has 6 nitrogen and oxygen atoms in total. The maximum atomic E-state index is 12.8. The van der Waals surface area contributed by atoms with Gasteiger partial charge in [0.25, 0.3) is 0 Å². The second-order valence-electron chi connectivity index (χ2n) is 9.00. The molecule has 0 aromatic rings. The summed E-state index contributed by atoms with van der Waals surface area (Å²) < 4.78 is 16.2. The number of ketones is 1. The minimum atomic E-state index is -0.646. The van der Waals surface area contributed by atoms with Gasteiger partial charge in [0.2, 0.25) is 11.5 Å². The van der Waals surface area contributed by atoms with E-state index in [1.165, 1.54) is 32.3 Å². The summed E-state index contributed by atoms with van der Waals surface area (Å²) in [5.74, 6) is -0.305. The zero-order valence-electron chi connectivity index (χ0n) is 20.9. The lowest BCUT2D eigenvalue weighted by Gasteiger charge is -2.35. The maximum Gasteiger partial charge on any atom is 0.303 e. The van der Waals surface area contributed by atoms with Crippen LogP contribution in [0, 0.1) is 17.8 Å². The first-order valence-electron chi connectivity index (χ1n) is 11.6. The van der Waals surface area contributed by atoms with Crippen molar-refractivity contribution in [1.82, 2.24) is 0 Å². The molecule has 1 N–H and O–H groups in total. The number of Topliss-reactive ketones (excluding diaryl/α,β-unsaturated/α-hetero) is 1. The van der Waals surface area contributed by atoms with Crippen molar-refractivity contribution >= 4 is 11.8 Å². The van der Waals surface area contributed by atoms with Gasteiger partial charge in [-0.15, -0.1) is 0 Å². The smallest absolute Gasteiger partial charge is 0.303 e. The van der Waals surface area contributed by atoms with E-state index in [2.05, 4.69) is 32.9 Å². The number of hydrogen-bond acceptors (Lipinski definition) is 6. The Morgan fingerprint density at radius 3 is 2.31 bits per heavy atom. The van der Waals surface area contributed by atoms with Crippen LogP contribution in [0.5, 0.6) is 0 Å². The van der Waals surface area contributed by atoms with Crippen molar-refractivity contribution in [2.75, 3.05) is 20.8 Å². The summed E-state index contributed by atoms with van der Waals surface area (Å²) in [6.45, 7) is 9.79. The molecule has 0 amide bonds. The summed E-state index contributed by atoms with van der Waals surface area (Å²) >= 11 is 0. The fourth-order valence-corrected chi connectivity index (χ4v) is 4.07. The van der Waals surface area contributed by atoms with Crippen LogP contribution in [0.4, 0.5) is 0 Å². The van der Waals surface area contributed by atoms with Crippen LogP contribution in [0.2, 0.25) is 0 Å². The second kappa shape index (κ2) is 14.1. The van der Waals surface area contributed by atoms with Gasteiger partial charge in [-0.05, 0) is 58.3 Å². The third-order valence-electron chi connectivity index (χ3n) is 6.22. The molecule has 6 heteroatoms. The highest BCUT2D eigenvalue weighted by Gasteiger charge is 2.44. The van der Waals surface area contributed by atoms with E-state index in [9.17, 15) is 9.59 Å². The number of rotatable bonds is 13. The summed E-state index contributed by atoms with van der Waals surface area (Å²) in [4.78, 5) is 24.5. The molecule has 0 bridgehead atoms. The van der Waals surface area contributed by atoms with Crippen molar-refractivity contribution in [2.24, 2.45) is 17.8 Å². The summed E-state index contributed by atoms with van der Waals surface area (Å²) in [7, 11) is 2.89. The molecule has 1 unspecified atom stereocenters. The standard InChI is InChI=1S/C26H42O6/c1-17(11-9-13-19(3)16-27)10-8-12-18(2)14-15-22-20(4)23(29)25(30-6)26(31-7)24(22)32-21(5)28/h10,14,19-20,22,24,27H,8-9,11-13,15-16H2,1-7H3/b17-10+,18-14+/t19?,20-,22-,24-/m1/s1. The van der Waals surface area contributed by atoms with E-state index in [1.807, 2.05) is 6.92 Å². The molecule has 0 radical (unpaired) electrons. The summed E-state index contributed by atoms with van der Waals surface area (Å²) in [6, 6.07) is 0. The van der Waals surface area contributed by atoms with Crippen LogP contribution in [-0.2, 0) is 23.8 Å². The van der Waals surface area contributed by atoms with Gasteiger partial charge in [0.15, 0.2) is 11.9 Å². The maximum absolute atomic E-state index is 12.8. The lowest BCUT2D eigenvalue weighted by atomic mass is 9.77. The Morgan fingerprint density at radius 1 is 1.09 bits per heavy atom. The highest BCUT2D eigenvalue weighted by molar-refractivity contribution is 5.97. The number of ether oxygens (including phenoxy) is 3. The number of allylic oxidation sites excluding steroid dienone is 5. The number of aliphatic hydroxyl groups is 1. The van der Waals surface area contributed by atoms with Crippen LogP contribution in [0.15, 0.2) is 34.8 Å². The molecule has 32 heavy (non-hydrogen) atoms. The average Bonchev–Trinajstić information content (AvgIpc) is 2.75. The van der Waals surface area contributed by atoms with Crippen molar-refractivity contribution in [3.63, 3.8) is 0 Å². The molecule has 0 saturated carbocycles. The Labute approximate surface area is 193 Å². The third-order valence-corrected chi connectivity index (χ3v) is 6.22. The van der Waals surface area contributed by atoms with Gasteiger partial charge in [-0.2, -0.15) is 0 Å². The largest absolute Gasteiger partial charge is 0.493 e. The van der Waals surface area contributed by atoms with E-state index < -0.39 is 12.1 Å². The summed E-state index contributed by atoms with van der Waals surface area (Å²) in [5.41, 5.74) is 2.62. The number of esters is 1. The van der Waals surface area contributed by atoms with Crippen LogP contribution >= 0.6 is 0 Å². The van der Waals surface area contributed by atoms with Crippen LogP contribution in [0.25, 0.3) is 0 Å². The summed E-state index contributed by atoms with van der Waals surface area (Å²) in [6.07, 6.45) is 9.51.